The summed E-state index contributed by atoms with van der Waals surface area (Å²) in [4.78, 5) is 16.8. The minimum Gasteiger partial charge on any atom is -0.268 e. The molecule has 88 valence electrons. The Balaban J connectivity index is 2.38. The lowest BCUT2D eigenvalue weighted by Crippen LogP contribution is -2.15. The van der Waals surface area contributed by atoms with E-state index in [-0.39, 0.29) is 5.56 Å². The zero-order valence-electron chi connectivity index (χ0n) is 9.38. The largest absolute Gasteiger partial charge is 0.270 e. The van der Waals surface area contributed by atoms with E-state index in [1.165, 1.54) is 0 Å². The van der Waals surface area contributed by atoms with Crippen LogP contribution in [0.1, 0.15) is 0 Å². The molecule has 4 heteroatoms. The zero-order chi connectivity index (χ0) is 12.5. The van der Waals surface area contributed by atoms with Crippen molar-refractivity contribution in [3.05, 3.63) is 65.0 Å². The first-order valence-electron chi connectivity index (χ1n) is 5.51. The number of nitrogens with zero attached hydrogens (tertiary/aromatic N) is 2. The molecule has 0 N–H and O–H groups in total. The molecular formula is C14H9IN2O. The van der Waals surface area contributed by atoms with Crippen LogP contribution in [0.25, 0.3) is 22.3 Å². The molecule has 0 spiro atoms. The molecule has 3 aromatic rings. The Labute approximate surface area is 118 Å². The topological polar surface area (TPSA) is 34.9 Å². The van der Waals surface area contributed by atoms with Crippen LogP contribution in [-0.4, -0.2) is 7.76 Å². The first-order valence-corrected chi connectivity index (χ1v) is 6.47. The van der Waals surface area contributed by atoms with E-state index in [2.05, 4.69) is 4.98 Å². The molecular weight excluding hydrogens is 339 g/mol. The van der Waals surface area contributed by atoms with Crippen molar-refractivity contribution >= 4 is 33.8 Å². The Morgan fingerprint density at radius 1 is 0.944 bits per heavy atom. The Kier molecular flexibility index (Phi) is 2.87. The molecule has 0 unspecified atom stereocenters. The quantitative estimate of drug-likeness (QED) is 0.633. The second-order valence-corrected chi connectivity index (χ2v) is 4.87. The predicted octanol–water partition coefficient (Wildman–Crippen LogP) is 3.26. The van der Waals surface area contributed by atoms with Gasteiger partial charge in [-0.05, 0) is 12.1 Å². The number of para-hydroxylation sites is 1. The number of fused-ring (bicyclic) bond motifs is 1. The van der Waals surface area contributed by atoms with E-state index in [4.69, 9.17) is 0 Å². The van der Waals surface area contributed by atoms with Gasteiger partial charge in [0.1, 0.15) is 0 Å². The van der Waals surface area contributed by atoms with E-state index >= 15 is 0 Å². The number of benzene rings is 2. The summed E-state index contributed by atoms with van der Waals surface area (Å²) in [6.45, 7) is 0. The first-order chi connectivity index (χ1) is 8.77. The molecule has 0 saturated heterocycles. The summed E-state index contributed by atoms with van der Waals surface area (Å²) in [6, 6.07) is 17.1. The Morgan fingerprint density at radius 2 is 1.61 bits per heavy atom. The third kappa shape index (κ3) is 1.82. The van der Waals surface area contributed by atoms with Gasteiger partial charge in [0.2, 0.25) is 0 Å². The fraction of sp³-hybridized carbons (Fsp3) is 0. The summed E-state index contributed by atoms with van der Waals surface area (Å²) in [7, 11) is 0. The number of halogens is 1. The molecule has 0 bridgehead atoms. The Morgan fingerprint density at radius 3 is 2.39 bits per heavy atom. The Bertz CT molecular complexity index is 766. The summed E-state index contributed by atoms with van der Waals surface area (Å²) in [5.74, 6) is 0.680. The summed E-state index contributed by atoms with van der Waals surface area (Å²) in [5.41, 5.74) is 1.64. The molecule has 1 aromatic heterocycles. The highest BCUT2D eigenvalue weighted by molar-refractivity contribution is 14.1. The van der Waals surface area contributed by atoms with Crippen molar-refractivity contribution in [2.75, 3.05) is 0 Å². The van der Waals surface area contributed by atoms with E-state index in [1.54, 1.807) is 8.85 Å². The molecule has 0 radical (unpaired) electrons. The molecule has 0 atom stereocenters. The summed E-state index contributed by atoms with van der Waals surface area (Å²) in [6.07, 6.45) is 0. The van der Waals surface area contributed by atoms with Gasteiger partial charge in [-0.25, -0.2) is 7.76 Å². The van der Waals surface area contributed by atoms with Crippen LogP contribution < -0.4 is 5.56 Å². The molecule has 0 saturated carbocycles. The molecule has 1 heterocycles. The first kappa shape index (κ1) is 11.4. The van der Waals surface area contributed by atoms with Crippen LogP contribution in [0, 0.1) is 0 Å². The van der Waals surface area contributed by atoms with Crippen LogP contribution >= 0.6 is 22.9 Å². The maximum atomic E-state index is 12.2. The summed E-state index contributed by atoms with van der Waals surface area (Å²) in [5, 5.41) is 0.645. The van der Waals surface area contributed by atoms with Crippen LogP contribution in [0.3, 0.4) is 0 Å². The van der Waals surface area contributed by atoms with Crippen molar-refractivity contribution in [2.24, 2.45) is 0 Å². The van der Waals surface area contributed by atoms with Crippen molar-refractivity contribution in [3.8, 4) is 11.4 Å². The van der Waals surface area contributed by atoms with Gasteiger partial charge in [0.15, 0.2) is 5.82 Å². The maximum absolute atomic E-state index is 12.2. The molecule has 3 nitrogen and oxygen atoms in total. The highest BCUT2D eigenvalue weighted by Gasteiger charge is 2.09. The van der Waals surface area contributed by atoms with Gasteiger partial charge < -0.3 is 0 Å². The van der Waals surface area contributed by atoms with Gasteiger partial charge in [-0.1, -0.05) is 42.5 Å². The van der Waals surface area contributed by atoms with E-state index in [0.29, 0.717) is 11.2 Å². The van der Waals surface area contributed by atoms with Gasteiger partial charge in [-0.2, -0.15) is 0 Å². The van der Waals surface area contributed by atoms with E-state index < -0.39 is 0 Å². The lowest BCUT2D eigenvalue weighted by Gasteiger charge is -2.07. The van der Waals surface area contributed by atoms with Crippen molar-refractivity contribution in [2.45, 2.75) is 0 Å². The lowest BCUT2D eigenvalue weighted by atomic mass is 10.2. The standard InChI is InChI=1S/C14H9IN2O/c15-17-13(10-6-2-1-3-7-10)16-12-9-5-4-8-11(12)14(17)18/h1-9H. The average Bonchev–Trinajstić information content (AvgIpc) is 2.44. The smallest absolute Gasteiger partial charge is 0.268 e. The molecule has 0 aliphatic heterocycles. The fourth-order valence-electron chi connectivity index (χ4n) is 1.88. The molecule has 0 aliphatic carbocycles. The van der Waals surface area contributed by atoms with E-state index in [9.17, 15) is 4.79 Å². The van der Waals surface area contributed by atoms with Crippen LogP contribution in [0.15, 0.2) is 59.4 Å². The number of rotatable bonds is 1. The summed E-state index contributed by atoms with van der Waals surface area (Å²) >= 11 is 2.00. The third-order valence-corrected chi connectivity index (χ3v) is 3.65. The number of aromatic nitrogens is 2. The zero-order valence-corrected chi connectivity index (χ0v) is 11.5. The van der Waals surface area contributed by atoms with Crippen LogP contribution in [0.2, 0.25) is 0 Å². The van der Waals surface area contributed by atoms with Gasteiger partial charge in [0.05, 0.1) is 33.8 Å². The second-order valence-electron chi connectivity index (χ2n) is 3.90. The number of hydrogen-bond acceptors (Lipinski definition) is 2. The maximum Gasteiger partial charge on any atom is 0.270 e. The monoisotopic (exact) mass is 348 g/mol. The lowest BCUT2D eigenvalue weighted by molar-refractivity contribution is 1.15. The van der Waals surface area contributed by atoms with Crippen LogP contribution in [0.4, 0.5) is 0 Å². The number of hydrogen-bond donors (Lipinski definition) is 0. The normalized spacial score (nSPS) is 10.7. The summed E-state index contributed by atoms with van der Waals surface area (Å²) < 4.78 is 1.56. The molecule has 0 fully saturated rings. The van der Waals surface area contributed by atoms with Crippen LogP contribution in [-0.2, 0) is 0 Å². The average molecular weight is 348 g/mol. The minimum atomic E-state index is -0.0277. The second kappa shape index (κ2) is 4.53. The highest BCUT2D eigenvalue weighted by Crippen LogP contribution is 2.19. The van der Waals surface area contributed by atoms with Crippen molar-refractivity contribution in [3.63, 3.8) is 0 Å². The van der Waals surface area contributed by atoms with Crippen molar-refractivity contribution in [1.82, 2.24) is 7.76 Å². The molecule has 2 aromatic carbocycles. The molecule has 0 aliphatic rings. The van der Waals surface area contributed by atoms with Crippen molar-refractivity contribution in [1.29, 1.82) is 0 Å². The van der Waals surface area contributed by atoms with Gasteiger partial charge in [-0.15, -0.1) is 0 Å². The van der Waals surface area contributed by atoms with Gasteiger partial charge in [0, 0.05) is 5.56 Å². The molecule has 18 heavy (non-hydrogen) atoms. The minimum absolute atomic E-state index is 0.0277. The predicted molar refractivity (Wildman–Crippen MR) is 80.9 cm³/mol. The SMILES string of the molecule is O=c1c2ccccc2nc(-c2ccccc2)n1I. The van der Waals surface area contributed by atoms with Crippen LogP contribution in [0.5, 0.6) is 0 Å². The van der Waals surface area contributed by atoms with E-state index in [1.807, 2.05) is 71.4 Å². The highest BCUT2D eigenvalue weighted by atomic mass is 127. The van der Waals surface area contributed by atoms with Gasteiger partial charge in [0.25, 0.3) is 5.56 Å². The molecule has 3 rings (SSSR count). The van der Waals surface area contributed by atoms with Gasteiger partial charge in [-0.3, -0.25) is 4.79 Å². The van der Waals surface area contributed by atoms with Crippen molar-refractivity contribution < 1.29 is 0 Å². The molecule has 0 amide bonds. The van der Waals surface area contributed by atoms with E-state index in [0.717, 1.165) is 11.1 Å². The fourth-order valence-corrected chi connectivity index (χ4v) is 2.52. The van der Waals surface area contributed by atoms with Gasteiger partial charge >= 0.3 is 0 Å². The Hall–Kier alpha value is -1.69. The third-order valence-electron chi connectivity index (χ3n) is 2.76.